The Morgan fingerprint density at radius 2 is 1.76 bits per heavy atom. The van der Waals surface area contributed by atoms with Gasteiger partial charge in [0.25, 0.3) is 0 Å². The fourth-order valence-electron chi connectivity index (χ4n) is 5.24. The van der Waals surface area contributed by atoms with E-state index in [1.807, 2.05) is 0 Å². The minimum absolute atomic E-state index is 0.149. The van der Waals surface area contributed by atoms with E-state index in [0.29, 0.717) is 18.5 Å². The van der Waals surface area contributed by atoms with Crippen LogP contribution in [0.3, 0.4) is 0 Å². The monoisotopic (exact) mass is 400 g/mol. The lowest BCUT2D eigenvalue weighted by Crippen LogP contribution is -3.13. The van der Waals surface area contributed by atoms with E-state index < -0.39 is 0 Å². The molecule has 2 aliphatic rings. The zero-order chi connectivity index (χ0) is 20.5. The van der Waals surface area contributed by atoms with Crippen molar-refractivity contribution in [3.05, 3.63) is 46.5 Å². The minimum atomic E-state index is 0.149. The molecule has 2 heterocycles. The second-order valence-corrected chi connectivity index (χ2v) is 7.97. The second kappa shape index (κ2) is 8.22. The highest BCUT2D eigenvalue weighted by Gasteiger charge is 2.43. The van der Waals surface area contributed by atoms with Crippen LogP contribution in [-0.4, -0.2) is 46.1 Å². The van der Waals surface area contributed by atoms with Crippen molar-refractivity contribution in [3.8, 4) is 17.2 Å². The Hall–Kier alpha value is -2.28. The number of hydrogen-bond acceptors (Lipinski definition) is 4. The fourth-order valence-corrected chi connectivity index (χ4v) is 5.24. The van der Waals surface area contributed by atoms with Crippen molar-refractivity contribution in [2.24, 2.45) is 0 Å². The SMILES string of the molecule is COc1cc2c(cc1OC)C1C(C)c3ccc(OC)c([NH2+]CCO)c3C[NH+]1CC2. The van der Waals surface area contributed by atoms with Crippen LogP contribution in [0.4, 0.5) is 5.69 Å². The molecule has 6 nitrogen and oxygen atoms in total. The molecule has 4 N–H and O–H groups in total. The van der Waals surface area contributed by atoms with E-state index in [9.17, 15) is 5.11 Å². The van der Waals surface area contributed by atoms with Gasteiger partial charge in [0.1, 0.15) is 19.1 Å². The summed E-state index contributed by atoms with van der Waals surface area (Å²) < 4.78 is 16.8. The second-order valence-electron chi connectivity index (χ2n) is 7.97. The lowest BCUT2D eigenvalue weighted by molar-refractivity contribution is -0.951. The van der Waals surface area contributed by atoms with Gasteiger partial charge in [-0.25, -0.2) is 0 Å². The number of benzene rings is 2. The molecule has 156 valence electrons. The molecule has 0 aliphatic carbocycles. The quantitative estimate of drug-likeness (QED) is 0.625. The first kappa shape index (κ1) is 20.0. The Labute approximate surface area is 172 Å². The van der Waals surface area contributed by atoms with Crippen molar-refractivity contribution in [1.29, 1.82) is 0 Å². The van der Waals surface area contributed by atoms with Gasteiger partial charge in [-0.3, -0.25) is 0 Å². The summed E-state index contributed by atoms with van der Waals surface area (Å²) in [5, 5.41) is 11.5. The van der Waals surface area contributed by atoms with Crippen LogP contribution >= 0.6 is 0 Å². The molecule has 0 aromatic heterocycles. The van der Waals surface area contributed by atoms with Gasteiger partial charge in [0.15, 0.2) is 22.9 Å². The highest BCUT2D eigenvalue weighted by molar-refractivity contribution is 5.58. The predicted molar refractivity (Wildman–Crippen MR) is 110 cm³/mol. The minimum Gasteiger partial charge on any atom is -0.493 e. The molecular formula is C23H32N2O4+2. The number of nitrogens with two attached hydrogens (primary N) is 1. The van der Waals surface area contributed by atoms with E-state index in [-0.39, 0.29) is 6.61 Å². The molecule has 0 spiro atoms. The van der Waals surface area contributed by atoms with E-state index in [1.165, 1.54) is 22.3 Å². The summed E-state index contributed by atoms with van der Waals surface area (Å²) in [6.07, 6.45) is 1.03. The van der Waals surface area contributed by atoms with Gasteiger partial charge in [-0.2, -0.15) is 0 Å². The van der Waals surface area contributed by atoms with Crippen LogP contribution in [0.2, 0.25) is 0 Å². The van der Waals surface area contributed by atoms with Crippen molar-refractivity contribution in [2.75, 3.05) is 41.0 Å². The smallest absolute Gasteiger partial charge is 0.181 e. The molecular weight excluding hydrogens is 368 g/mol. The Morgan fingerprint density at radius 1 is 1.03 bits per heavy atom. The van der Waals surface area contributed by atoms with Crippen molar-refractivity contribution < 1.29 is 29.5 Å². The number of aliphatic hydroxyl groups excluding tert-OH is 1. The summed E-state index contributed by atoms with van der Waals surface area (Å²) in [5.74, 6) is 2.88. The van der Waals surface area contributed by atoms with Crippen LogP contribution in [0.25, 0.3) is 0 Å². The number of aliphatic hydroxyl groups is 1. The van der Waals surface area contributed by atoms with E-state index in [0.717, 1.165) is 42.4 Å². The van der Waals surface area contributed by atoms with E-state index in [2.05, 4.69) is 36.5 Å². The van der Waals surface area contributed by atoms with Crippen LogP contribution in [-0.2, 0) is 13.0 Å². The number of methoxy groups -OCH3 is 3. The number of fused-ring (bicyclic) bond motifs is 4. The summed E-state index contributed by atoms with van der Waals surface area (Å²) in [6.45, 7) is 5.17. The highest BCUT2D eigenvalue weighted by atomic mass is 16.5. The molecule has 0 amide bonds. The molecule has 3 atom stereocenters. The van der Waals surface area contributed by atoms with Crippen LogP contribution in [0, 0.1) is 0 Å². The maximum atomic E-state index is 9.34. The maximum absolute atomic E-state index is 9.34. The number of hydrogen-bond donors (Lipinski definition) is 3. The summed E-state index contributed by atoms with van der Waals surface area (Å²) in [7, 11) is 5.12. The van der Waals surface area contributed by atoms with E-state index >= 15 is 0 Å². The fraction of sp³-hybridized carbons (Fsp3) is 0.478. The lowest BCUT2D eigenvalue weighted by atomic mass is 9.77. The van der Waals surface area contributed by atoms with Crippen molar-refractivity contribution in [2.45, 2.75) is 31.8 Å². The average molecular weight is 401 g/mol. The van der Waals surface area contributed by atoms with Crippen molar-refractivity contribution in [1.82, 2.24) is 0 Å². The molecule has 0 fully saturated rings. The summed E-state index contributed by atoms with van der Waals surface area (Å²) in [5.41, 5.74) is 6.63. The van der Waals surface area contributed by atoms with Gasteiger partial charge >= 0.3 is 0 Å². The van der Waals surface area contributed by atoms with Crippen molar-refractivity contribution in [3.63, 3.8) is 0 Å². The summed E-state index contributed by atoms with van der Waals surface area (Å²) >= 11 is 0. The average Bonchev–Trinajstić information content (AvgIpc) is 2.76. The summed E-state index contributed by atoms with van der Waals surface area (Å²) in [6, 6.07) is 9.02. The molecule has 4 rings (SSSR count). The van der Waals surface area contributed by atoms with Crippen LogP contribution in [0.15, 0.2) is 24.3 Å². The third kappa shape index (κ3) is 3.35. The Morgan fingerprint density at radius 3 is 2.45 bits per heavy atom. The Kier molecular flexibility index (Phi) is 5.67. The third-order valence-corrected chi connectivity index (χ3v) is 6.58. The van der Waals surface area contributed by atoms with Gasteiger partial charge in [-0.1, -0.05) is 13.0 Å². The lowest BCUT2D eigenvalue weighted by Gasteiger charge is -2.42. The molecule has 0 saturated heterocycles. The van der Waals surface area contributed by atoms with Gasteiger partial charge in [-0.15, -0.1) is 0 Å². The first-order chi connectivity index (χ1) is 14.1. The summed E-state index contributed by atoms with van der Waals surface area (Å²) in [4.78, 5) is 1.58. The maximum Gasteiger partial charge on any atom is 0.181 e. The van der Waals surface area contributed by atoms with E-state index in [1.54, 1.807) is 26.2 Å². The van der Waals surface area contributed by atoms with Gasteiger partial charge in [0, 0.05) is 17.9 Å². The molecule has 0 saturated carbocycles. The predicted octanol–water partition coefficient (Wildman–Crippen LogP) is 0.699. The molecule has 2 aromatic rings. The molecule has 2 aromatic carbocycles. The molecule has 0 bridgehead atoms. The normalized spacial score (nSPS) is 22.3. The standard InChI is InChI=1S/C23H30N2O4/c1-14-16-5-6-19(27-2)22(24-8-10-26)18(16)13-25-9-7-15-11-20(28-3)21(29-4)12-17(15)23(14)25/h5-6,11-12,14,23-24,26H,7-10,13H2,1-4H3/p+2. The number of quaternary nitrogens is 2. The first-order valence-corrected chi connectivity index (χ1v) is 10.4. The topological polar surface area (TPSA) is 69.0 Å². The Bertz CT molecular complexity index is 899. The number of ether oxygens (including phenoxy) is 3. The third-order valence-electron chi connectivity index (χ3n) is 6.58. The largest absolute Gasteiger partial charge is 0.493 e. The van der Waals surface area contributed by atoms with Crippen LogP contribution in [0.5, 0.6) is 17.2 Å². The highest BCUT2D eigenvalue weighted by Crippen LogP contribution is 2.43. The molecule has 29 heavy (non-hydrogen) atoms. The molecule has 0 radical (unpaired) electrons. The molecule has 6 heteroatoms. The van der Waals surface area contributed by atoms with Crippen LogP contribution < -0.4 is 24.4 Å². The van der Waals surface area contributed by atoms with Gasteiger partial charge < -0.3 is 29.5 Å². The van der Waals surface area contributed by atoms with Crippen molar-refractivity contribution >= 4 is 5.69 Å². The molecule has 3 unspecified atom stereocenters. The Balaban J connectivity index is 1.79. The molecule has 2 aliphatic heterocycles. The zero-order valence-corrected chi connectivity index (χ0v) is 17.7. The van der Waals surface area contributed by atoms with Gasteiger partial charge in [0.2, 0.25) is 0 Å². The van der Waals surface area contributed by atoms with Gasteiger partial charge in [0.05, 0.1) is 40.0 Å². The van der Waals surface area contributed by atoms with E-state index in [4.69, 9.17) is 14.2 Å². The van der Waals surface area contributed by atoms with Crippen LogP contribution in [0.1, 0.15) is 41.1 Å². The zero-order valence-electron chi connectivity index (χ0n) is 17.7. The van der Waals surface area contributed by atoms with Gasteiger partial charge in [-0.05, 0) is 29.3 Å². The first-order valence-electron chi connectivity index (χ1n) is 10.4. The number of nitrogens with one attached hydrogen (secondary N) is 1. The number of rotatable bonds is 6.